The number of nitrogens with zero attached hydrogens (tertiary/aromatic N) is 3. The van der Waals surface area contributed by atoms with Crippen LogP contribution in [0.5, 0.6) is 0 Å². The van der Waals surface area contributed by atoms with Crippen molar-refractivity contribution in [1.29, 1.82) is 0 Å². The van der Waals surface area contributed by atoms with Gasteiger partial charge in [-0.1, -0.05) is 41.4 Å². The van der Waals surface area contributed by atoms with Crippen molar-refractivity contribution < 1.29 is 8.42 Å². The van der Waals surface area contributed by atoms with Crippen LogP contribution in [0.25, 0.3) is 33.1 Å². The van der Waals surface area contributed by atoms with Gasteiger partial charge in [0.1, 0.15) is 0 Å². The molecule has 5 rings (SSSR count). The summed E-state index contributed by atoms with van der Waals surface area (Å²) in [7, 11) is -3.85. The van der Waals surface area contributed by atoms with Gasteiger partial charge in [-0.2, -0.15) is 0 Å². The molecule has 5 nitrogen and oxygen atoms in total. The first-order chi connectivity index (χ1) is 14.4. The molecule has 3 aromatic heterocycles. The lowest BCUT2D eigenvalue weighted by Gasteiger charge is -2.07. The molecule has 0 amide bonds. The third kappa shape index (κ3) is 2.96. The first-order valence-electron chi connectivity index (χ1n) is 9.28. The summed E-state index contributed by atoms with van der Waals surface area (Å²) in [5.74, 6) is 0. The lowest BCUT2D eigenvalue weighted by atomic mass is 10.0. The smallest absolute Gasteiger partial charge is 0.256 e. The first kappa shape index (κ1) is 18.8. The van der Waals surface area contributed by atoms with Gasteiger partial charge >= 0.3 is 0 Å². The predicted molar refractivity (Wildman–Crippen MR) is 119 cm³/mol. The number of benzene rings is 2. The van der Waals surface area contributed by atoms with Crippen LogP contribution in [0.2, 0.25) is 5.02 Å². The number of aryl methyl sites for hydroxylation is 1. The van der Waals surface area contributed by atoms with Crippen LogP contribution in [0.3, 0.4) is 0 Å². The Hall–Kier alpha value is -3.22. The second-order valence-corrected chi connectivity index (χ2v) is 9.28. The molecule has 5 aromatic rings. The van der Waals surface area contributed by atoms with Crippen LogP contribution in [0.1, 0.15) is 5.56 Å². The number of halogens is 1. The molecular weight excluding hydrogens is 418 g/mol. The van der Waals surface area contributed by atoms with Crippen LogP contribution in [0.4, 0.5) is 0 Å². The molecule has 0 saturated carbocycles. The Morgan fingerprint density at radius 3 is 2.53 bits per heavy atom. The van der Waals surface area contributed by atoms with Crippen LogP contribution in [0.15, 0.2) is 84.1 Å². The third-order valence-electron chi connectivity index (χ3n) is 5.10. The fraction of sp³-hybridized carbons (Fsp3) is 0.0435. The van der Waals surface area contributed by atoms with Crippen LogP contribution < -0.4 is 0 Å². The monoisotopic (exact) mass is 433 g/mol. The van der Waals surface area contributed by atoms with Crippen molar-refractivity contribution in [1.82, 2.24) is 13.9 Å². The second-order valence-electron chi connectivity index (χ2n) is 7.06. The predicted octanol–water partition coefficient (Wildman–Crippen LogP) is 5.45. The van der Waals surface area contributed by atoms with Crippen LogP contribution >= 0.6 is 11.6 Å². The molecule has 0 radical (unpaired) electrons. The molecule has 0 aliphatic heterocycles. The van der Waals surface area contributed by atoms with Gasteiger partial charge in [-0.05, 0) is 48.9 Å². The zero-order valence-corrected chi connectivity index (χ0v) is 17.5. The van der Waals surface area contributed by atoms with Crippen LogP contribution in [-0.2, 0) is 10.0 Å². The summed E-state index contributed by atoms with van der Waals surface area (Å²) in [5.41, 5.74) is 3.68. The van der Waals surface area contributed by atoms with Crippen molar-refractivity contribution in [3.63, 3.8) is 0 Å². The van der Waals surface area contributed by atoms with Gasteiger partial charge < -0.3 is 0 Å². The van der Waals surface area contributed by atoms with Crippen molar-refractivity contribution in [2.24, 2.45) is 0 Å². The van der Waals surface area contributed by atoms with Crippen molar-refractivity contribution >= 4 is 43.6 Å². The molecule has 148 valence electrons. The molecule has 0 saturated heterocycles. The molecule has 0 aliphatic rings. The normalized spacial score (nSPS) is 11.9. The highest BCUT2D eigenvalue weighted by atomic mass is 35.5. The molecule has 0 fully saturated rings. The maximum Gasteiger partial charge on any atom is 0.269 e. The van der Waals surface area contributed by atoms with Crippen molar-refractivity contribution in [3.8, 4) is 11.1 Å². The van der Waals surface area contributed by atoms with Crippen LogP contribution in [-0.4, -0.2) is 22.4 Å². The molecule has 2 aromatic carbocycles. The minimum Gasteiger partial charge on any atom is -0.256 e. The summed E-state index contributed by atoms with van der Waals surface area (Å²) >= 11 is 6.50. The van der Waals surface area contributed by atoms with Crippen molar-refractivity contribution in [2.45, 2.75) is 11.8 Å². The Balaban J connectivity index is 1.79. The summed E-state index contributed by atoms with van der Waals surface area (Å²) in [6, 6.07) is 18.0. The lowest BCUT2D eigenvalue weighted by molar-refractivity contribution is 0.589. The van der Waals surface area contributed by atoms with E-state index in [9.17, 15) is 8.42 Å². The fourth-order valence-corrected chi connectivity index (χ4v) is 5.12. The molecule has 0 spiro atoms. The van der Waals surface area contributed by atoms with E-state index in [1.165, 1.54) is 10.2 Å². The maximum atomic E-state index is 13.4. The Bertz CT molecular complexity index is 1520. The zero-order chi connectivity index (χ0) is 20.9. The molecule has 0 bridgehead atoms. The van der Waals surface area contributed by atoms with E-state index in [0.717, 1.165) is 22.0 Å². The topological polar surface area (TPSA) is 64.8 Å². The average molecular weight is 434 g/mol. The maximum absolute atomic E-state index is 13.4. The molecule has 30 heavy (non-hydrogen) atoms. The third-order valence-corrected chi connectivity index (χ3v) is 7.08. The number of fused-ring (bicyclic) bond motifs is 2. The summed E-state index contributed by atoms with van der Waals surface area (Å²) in [5, 5.41) is 1.99. The number of aromatic nitrogens is 3. The minimum absolute atomic E-state index is 0.195. The van der Waals surface area contributed by atoms with E-state index >= 15 is 0 Å². The highest BCUT2D eigenvalue weighted by molar-refractivity contribution is 7.90. The fourth-order valence-electron chi connectivity index (χ4n) is 3.56. The molecule has 0 atom stereocenters. The summed E-state index contributed by atoms with van der Waals surface area (Å²) in [6.45, 7) is 1.91. The lowest BCUT2D eigenvalue weighted by Crippen LogP contribution is -2.12. The van der Waals surface area contributed by atoms with Gasteiger partial charge in [0, 0.05) is 34.9 Å². The standard InChI is InChI=1S/C23H16ClN3O2S/c1-15-4-7-18(8-5-15)30(28,29)27-14-19(22-20(24)10-12-26-23(22)27)16-6-9-21-17(13-16)3-2-11-25-21/h2-14H,1H3. The average Bonchev–Trinajstić information content (AvgIpc) is 3.16. The summed E-state index contributed by atoms with van der Waals surface area (Å²) in [4.78, 5) is 8.89. The number of rotatable bonds is 3. The van der Waals surface area contributed by atoms with E-state index < -0.39 is 10.0 Å². The van der Waals surface area contributed by atoms with E-state index in [0.29, 0.717) is 21.6 Å². The summed E-state index contributed by atoms with van der Waals surface area (Å²) in [6.07, 6.45) is 4.85. The number of hydrogen-bond acceptors (Lipinski definition) is 4. The molecule has 7 heteroatoms. The Morgan fingerprint density at radius 2 is 1.73 bits per heavy atom. The summed E-state index contributed by atoms with van der Waals surface area (Å²) < 4.78 is 28.0. The van der Waals surface area contributed by atoms with Gasteiger partial charge in [0.2, 0.25) is 0 Å². The SMILES string of the molecule is Cc1ccc(S(=O)(=O)n2cc(-c3ccc4ncccc4c3)c3c(Cl)ccnc32)cc1. The highest BCUT2D eigenvalue weighted by Gasteiger charge is 2.24. The Kier molecular flexibility index (Phi) is 4.34. The second kappa shape index (κ2) is 6.93. The van der Waals surface area contributed by atoms with Gasteiger partial charge in [0.25, 0.3) is 10.0 Å². The van der Waals surface area contributed by atoms with E-state index in [2.05, 4.69) is 9.97 Å². The Labute approximate surface area is 178 Å². The van der Waals surface area contributed by atoms with E-state index in [1.54, 1.807) is 42.7 Å². The Morgan fingerprint density at radius 1 is 0.933 bits per heavy atom. The highest BCUT2D eigenvalue weighted by Crippen LogP contribution is 2.37. The quantitative estimate of drug-likeness (QED) is 0.379. The van der Waals surface area contributed by atoms with E-state index in [4.69, 9.17) is 11.6 Å². The zero-order valence-electron chi connectivity index (χ0n) is 15.9. The van der Waals surface area contributed by atoms with Crippen LogP contribution in [0, 0.1) is 6.92 Å². The van der Waals surface area contributed by atoms with Gasteiger partial charge in [-0.15, -0.1) is 0 Å². The number of pyridine rings is 2. The molecule has 0 N–H and O–H groups in total. The van der Waals surface area contributed by atoms with Crippen molar-refractivity contribution in [3.05, 3.63) is 89.8 Å². The van der Waals surface area contributed by atoms with Crippen molar-refractivity contribution in [2.75, 3.05) is 0 Å². The van der Waals surface area contributed by atoms with Gasteiger partial charge in [-0.25, -0.2) is 17.4 Å². The molecular formula is C23H16ClN3O2S. The first-order valence-corrected chi connectivity index (χ1v) is 11.1. The number of hydrogen-bond donors (Lipinski definition) is 0. The van der Waals surface area contributed by atoms with E-state index in [-0.39, 0.29) is 4.90 Å². The largest absolute Gasteiger partial charge is 0.269 e. The molecule has 0 unspecified atom stereocenters. The molecule has 3 heterocycles. The van der Waals surface area contributed by atoms with Gasteiger partial charge in [0.15, 0.2) is 5.65 Å². The molecule has 0 aliphatic carbocycles. The minimum atomic E-state index is -3.85. The van der Waals surface area contributed by atoms with Gasteiger partial charge in [-0.3, -0.25) is 4.98 Å². The van der Waals surface area contributed by atoms with E-state index in [1.807, 2.05) is 37.3 Å². The van der Waals surface area contributed by atoms with Gasteiger partial charge in [0.05, 0.1) is 15.4 Å².